The molecule has 2 aromatic heterocycles. The maximum absolute atomic E-state index is 14.3. The second kappa shape index (κ2) is 39.6. The number of esters is 13. The number of ether oxygens (including phenoxy) is 21. The second-order valence-electron chi connectivity index (χ2n) is 25.4. The quantitative estimate of drug-likeness (QED) is 0.0450. The predicted molar refractivity (Wildman–Crippen MR) is 361 cm³/mol. The van der Waals surface area contributed by atoms with Crippen LogP contribution in [0.4, 0.5) is 0 Å². The Morgan fingerprint density at radius 2 is 0.607 bits per heavy atom. The van der Waals surface area contributed by atoms with Gasteiger partial charge in [0.05, 0.1) is 48.8 Å². The van der Waals surface area contributed by atoms with Gasteiger partial charge in [-0.3, -0.25) is 52.6 Å². The van der Waals surface area contributed by atoms with Crippen molar-refractivity contribution in [2.45, 2.75) is 212 Å². The van der Waals surface area contributed by atoms with Crippen molar-refractivity contribution in [3.05, 3.63) is 131 Å². The first-order valence-electron chi connectivity index (χ1n) is 34.7. The summed E-state index contributed by atoms with van der Waals surface area (Å²) in [6.07, 6.45) is -34.1. The summed E-state index contributed by atoms with van der Waals surface area (Å²) in [5, 5.41) is 16.6. The summed E-state index contributed by atoms with van der Waals surface area (Å²) in [6.45, 7) is 5.84. The number of hydrogen-bond acceptors (Lipinski definition) is 38. The molecule has 0 bridgehead atoms. The molecular weight excluding hydrogens is 1490 g/mol. The van der Waals surface area contributed by atoms with Crippen LogP contribution in [-0.2, 0) is 174 Å². The molecule has 0 radical (unpaired) electrons. The van der Waals surface area contributed by atoms with Crippen molar-refractivity contribution in [1.29, 1.82) is 0 Å². The number of nitrogens with zero attached hydrogens (tertiary/aromatic N) is 6. The molecule has 4 aliphatic rings. The predicted octanol–water partition coefficient (Wildman–Crippen LogP) is 1.70. The smallest absolute Gasteiger partial charge is 0.338 e. The number of benzene rings is 3. The molecule has 20 atom stereocenters. The SMILES string of the molecule is CC(=O)OC[C@H]1O[C@H](O[C@H]2[C@H](OC(C)=O)[C@@H](OC(C)=O)[C@@H](O[C@H]3[C@H](OC(C)=O)[C@@H](OC(C)=O)[C@H](OCc4cn(CC5O[C@H](OCc6cn(C)nn6)[C@@H](OC(=O)c6ccccc6)[C@@H](OC(=O)c6ccccc6)[C@@H]5OC(=O)c5ccccc5)nn4)O[C@@H]3COC(C)=O)O[C@@H]2COC(C)=O)[C@H](OC(C)=O)[C@@H](OC(C)=O)[C@@H]1OC(C)=O. The molecule has 9 rings (SSSR count). The van der Waals surface area contributed by atoms with Crippen molar-refractivity contribution in [3.63, 3.8) is 0 Å². The van der Waals surface area contributed by atoms with E-state index in [4.69, 9.17) is 99.5 Å². The standard InChI is InChI=1S/C72H82N6O34/c1-35(79)92-32-51-55(97-38(4)82)58(98-39(5)83)64(102-43(9)87)71(106-51)112-57-53(34-94-37(3)81)107-72(65(103-44(10)88)60(57)100-41(7)85)111-56-52(33-93-36(2)80)105-69(62(101-42(8)86)59(56)99-40(6)84)96-31-49-28-78(76-74-49)29-50-54(108-66(89)45-21-15-12-16-22-45)61(109-67(90)46-23-17-13-18-24-46)63(110-68(91)47-25-19-14-20-26-47)70(104-50)95-30-48-27-77(11)75-73-48/h12-28,50-65,69-72H,29-34H2,1-11H3/t50?,51-,52-,53-,54-,55-,56-,57-,58+,59+,60+,61+,62-,63+,64-,65-,69-,70+,71-,72-/m1/s1. The molecule has 4 aliphatic heterocycles. The van der Waals surface area contributed by atoms with E-state index in [1.165, 1.54) is 52.0 Å². The van der Waals surface area contributed by atoms with Crippen LogP contribution in [0.25, 0.3) is 0 Å². The van der Waals surface area contributed by atoms with E-state index in [0.29, 0.717) is 0 Å². The molecule has 4 fully saturated rings. The maximum Gasteiger partial charge on any atom is 0.338 e. The molecule has 4 saturated heterocycles. The Labute approximate surface area is 637 Å². The third-order valence-corrected chi connectivity index (χ3v) is 16.6. The van der Waals surface area contributed by atoms with Gasteiger partial charge in [-0.15, -0.1) is 10.2 Å². The Morgan fingerprint density at radius 1 is 0.321 bits per heavy atom. The lowest BCUT2D eigenvalue weighted by Gasteiger charge is -2.50. The van der Waals surface area contributed by atoms with E-state index in [1.54, 1.807) is 67.8 Å². The number of aryl methyl sites for hydroxylation is 1. The summed E-state index contributed by atoms with van der Waals surface area (Å²) >= 11 is 0. The second-order valence-corrected chi connectivity index (χ2v) is 25.4. The van der Waals surface area contributed by atoms with Crippen molar-refractivity contribution in [3.8, 4) is 0 Å². The molecule has 6 heterocycles. The molecule has 0 amide bonds. The van der Waals surface area contributed by atoms with Gasteiger partial charge in [0.15, 0.2) is 86.2 Å². The lowest BCUT2D eigenvalue weighted by molar-refractivity contribution is -0.380. The monoisotopic (exact) mass is 1570 g/mol. The van der Waals surface area contributed by atoms with E-state index in [2.05, 4.69) is 20.6 Å². The van der Waals surface area contributed by atoms with Crippen LogP contribution >= 0.6 is 0 Å². The highest BCUT2D eigenvalue weighted by Crippen LogP contribution is 2.40. The minimum Gasteiger partial charge on any atom is -0.463 e. The molecule has 112 heavy (non-hydrogen) atoms. The van der Waals surface area contributed by atoms with Crippen LogP contribution in [0.5, 0.6) is 0 Å². The van der Waals surface area contributed by atoms with Crippen LogP contribution in [0.2, 0.25) is 0 Å². The largest absolute Gasteiger partial charge is 0.463 e. The van der Waals surface area contributed by atoms with Gasteiger partial charge in [0, 0.05) is 76.3 Å². The molecule has 1 unspecified atom stereocenters. The zero-order valence-electron chi connectivity index (χ0n) is 62.2. The van der Waals surface area contributed by atoms with Crippen LogP contribution in [-0.4, -0.2) is 250 Å². The van der Waals surface area contributed by atoms with E-state index in [1.807, 2.05) is 0 Å². The fourth-order valence-corrected chi connectivity index (χ4v) is 12.2. The molecule has 5 aromatic rings. The first-order valence-corrected chi connectivity index (χ1v) is 34.7. The van der Waals surface area contributed by atoms with E-state index in [0.717, 1.165) is 69.2 Å². The summed E-state index contributed by atoms with van der Waals surface area (Å²) < 4.78 is 129. The van der Waals surface area contributed by atoms with Crippen molar-refractivity contribution in [2.24, 2.45) is 7.05 Å². The van der Waals surface area contributed by atoms with Gasteiger partial charge in [-0.25, -0.2) is 19.1 Å². The summed E-state index contributed by atoms with van der Waals surface area (Å²) in [5.41, 5.74) is 0.423. The molecule has 40 nitrogen and oxygen atoms in total. The van der Waals surface area contributed by atoms with Gasteiger partial charge in [-0.2, -0.15) is 0 Å². The van der Waals surface area contributed by atoms with Gasteiger partial charge in [0.2, 0.25) is 0 Å². The molecule has 0 saturated carbocycles. The van der Waals surface area contributed by atoms with Gasteiger partial charge in [0.25, 0.3) is 0 Å². The van der Waals surface area contributed by atoms with Crippen molar-refractivity contribution < 1.29 is 162 Å². The average Bonchev–Trinajstić information content (AvgIpc) is 0.813. The van der Waals surface area contributed by atoms with Crippen LogP contribution < -0.4 is 0 Å². The highest BCUT2D eigenvalue weighted by atomic mass is 16.8. The minimum absolute atomic E-state index is 0.0364. The molecule has 3 aromatic carbocycles. The highest BCUT2D eigenvalue weighted by Gasteiger charge is 2.61. The molecule has 0 spiro atoms. The van der Waals surface area contributed by atoms with E-state index < -0.39 is 233 Å². The molecular formula is C72H82N6O34. The third kappa shape index (κ3) is 23.6. The zero-order valence-corrected chi connectivity index (χ0v) is 62.2. The lowest BCUT2D eigenvalue weighted by atomic mass is 9.95. The van der Waals surface area contributed by atoms with Crippen LogP contribution in [0.15, 0.2) is 103 Å². The Bertz CT molecular complexity index is 4130. The van der Waals surface area contributed by atoms with Crippen molar-refractivity contribution in [1.82, 2.24) is 30.0 Å². The molecule has 0 N–H and O–H groups in total. The fraction of sp³-hybridized carbons (Fsp3) is 0.514. The van der Waals surface area contributed by atoms with Crippen molar-refractivity contribution in [2.75, 3.05) is 19.8 Å². The summed E-state index contributed by atoms with van der Waals surface area (Å²) in [4.78, 5) is 173. The van der Waals surface area contributed by atoms with Crippen LogP contribution in [0.1, 0.15) is 112 Å². The Morgan fingerprint density at radius 3 is 0.982 bits per heavy atom. The Kier molecular flexibility index (Phi) is 29.9. The summed E-state index contributed by atoms with van der Waals surface area (Å²) in [6, 6.07) is 23.3. The zero-order chi connectivity index (χ0) is 81.0. The molecule has 604 valence electrons. The average molecular weight is 1580 g/mol. The maximum atomic E-state index is 14.3. The van der Waals surface area contributed by atoms with E-state index >= 15 is 0 Å². The molecule has 0 aliphatic carbocycles. The summed E-state index contributed by atoms with van der Waals surface area (Å²) in [7, 11) is 1.61. The van der Waals surface area contributed by atoms with Gasteiger partial charge in [-0.05, 0) is 36.4 Å². The summed E-state index contributed by atoms with van der Waals surface area (Å²) in [5.74, 6) is -13.0. The fourth-order valence-electron chi connectivity index (χ4n) is 12.2. The van der Waals surface area contributed by atoms with Gasteiger partial charge < -0.3 is 99.5 Å². The normalized spacial score (nSPS) is 27.4. The first kappa shape index (κ1) is 84.7. The number of carbonyl (C=O) groups is 13. The van der Waals surface area contributed by atoms with Gasteiger partial charge in [-0.1, -0.05) is 65.0 Å². The Balaban J connectivity index is 1.05. The highest BCUT2D eigenvalue weighted by molar-refractivity contribution is 5.91. The van der Waals surface area contributed by atoms with Crippen LogP contribution in [0.3, 0.4) is 0 Å². The number of aromatic nitrogens is 6. The van der Waals surface area contributed by atoms with E-state index in [-0.39, 0.29) is 34.7 Å². The number of rotatable bonds is 31. The number of carbonyl (C=O) groups excluding carboxylic acids is 13. The van der Waals surface area contributed by atoms with Gasteiger partial charge in [0.1, 0.15) is 67.8 Å². The topological polar surface area (TPSA) is 477 Å². The lowest BCUT2D eigenvalue weighted by Crippen LogP contribution is -2.69. The van der Waals surface area contributed by atoms with Crippen molar-refractivity contribution >= 4 is 77.6 Å². The third-order valence-electron chi connectivity index (χ3n) is 16.6. The van der Waals surface area contributed by atoms with E-state index in [9.17, 15) is 62.3 Å². The van der Waals surface area contributed by atoms with Gasteiger partial charge >= 0.3 is 77.6 Å². The minimum atomic E-state index is -2.17. The Hall–Kier alpha value is -11.3. The first-order chi connectivity index (χ1) is 53.4. The molecule has 40 heteroatoms. The van der Waals surface area contributed by atoms with Crippen LogP contribution in [0, 0.1) is 0 Å². The number of hydrogen-bond donors (Lipinski definition) is 0.